The molecule has 5 nitrogen and oxygen atoms in total. The standard InChI is InChI=1S/C12H13Cl3N2O3/c1-17-2-3-20-8(5-17)12(19)16-10-9(15)6(13)4-7(14)11(10)18/h4,8,18H,2-3,5H2,1H3,(H,16,19). The number of hydrogen-bond acceptors (Lipinski definition) is 4. The zero-order valence-electron chi connectivity index (χ0n) is 10.6. The van der Waals surface area contributed by atoms with E-state index in [9.17, 15) is 9.90 Å². The van der Waals surface area contributed by atoms with Gasteiger partial charge < -0.3 is 20.1 Å². The predicted molar refractivity (Wildman–Crippen MR) is 79.0 cm³/mol. The van der Waals surface area contributed by atoms with Crippen molar-refractivity contribution in [3.8, 4) is 5.75 Å². The molecule has 1 fully saturated rings. The Morgan fingerprint density at radius 2 is 2.15 bits per heavy atom. The molecule has 0 aliphatic carbocycles. The lowest BCUT2D eigenvalue weighted by atomic mass is 10.2. The fraction of sp³-hybridized carbons (Fsp3) is 0.417. The SMILES string of the molecule is CN1CCOC(C(=O)Nc2c(O)c(Cl)cc(Cl)c2Cl)C1. The number of amides is 1. The molecule has 1 amide bonds. The maximum atomic E-state index is 12.1. The first-order chi connectivity index (χ1) is 9.40. The molecule has 0 radical (unpaired) electrons. The Morgan fingerprint density at radius 3 is 2.80 bits per heavy atom. The summed E-state index contributed by atoms with van der Waals surface area (Å²) in [5.41, 5.74) is -0.00834. The van der Waals surface area contributed by atoms with Gasteiger partial charge in [0.2, 0.25) is 0 Å². The summed E-state index contributed by atoms with van der Waals surface area (Å²) >= 11 is 17.6. The summed E-state index contributed by atoms with van der Waals surface area (Å²) in [6.07, 6.45) is -0.637. The molecule has 1 aromatic rings. The zero-order chi connectivity index (χ0) is 14.9. The van der Waals surface area contributed by atoms with Crippen LogP contribution in [0.5, 0.6) is 5.75 Å². The lowest BCUT2D eigenvalue weighted by molar-refractivity contribution is -0.132. The molecule has 1 aromatic carbocycles. The summed E-state index contributed by atoms with van der Waals surface area (Å²) in [5.74, 6) is -0.731. The third-order valence-corrected chi connectivity index (χ3v) is 4.03. The highest BCUT2D eigenvalue weighted by atomic mass is 35.5. The summed E-state index contributed by atoms with van der Waals surface area (Å²) in [6.45, 7) is 1.68. The first-order valence-electron chi connectivity index (χ1n) is 5.87. The molecule has 20 heavy (non-hydrogen) atoms. The molecule has 8 heteroatoms. The number of rotatable bonds is 2. The average molecular weight is 340 g/mol. The van der Waals surface area contributed by atoms with E-state index >= 15 is 0 Å². The molecule has 1 unspecified atom stereocenters. The highest BCUT2D eigenvalue weighted by molar-refractivity contribution is 6.46. The largest absolute Gasteiger partial charge is 0.504 e. The van der Waals surface area contributed by atoms with E-state index in [1.54, 1.807) is 0 Å². The van der Waals surface area contributed by atoms with Crippen LogP contribution in [0.1, 0.15) is 0 Å². The smallest absolute Gasteiger partial charge is 0.254 e. The van der Waals surface area contributed by atoms with E-state index in [2.05, 4.69) is 5.32 Å². The second kappa shape index (κ2) is 6.37. The van der Waals surface area contributed by atoms with Gasteiger partial charge in [0.1, 0.15) is 11.8 Å². The van der Waals surface area contributed by atoms with E-state index in [1.165, 1.54) is 6.07 Å². The molecule has 0 bridgehead atoms. The van der Waals surface area contributed by atoms with Crippen LogP contribution in [0.25, 0.3) is 0 Å². The lowest BCUT2D eigenvalue weighted by Gasteiger charge is -2.29. The number of phenols is 1. The van der Waals surface area contributed by atoms with Crippen LogP contribution in [0.15, 0.2) is 6.07 Å². The molecule has 1 atom stereocenters. The van der Waals surface area contributed by atoms with Crippen molar-refractivity contribution in [2.24, 2.45) is 0 Å². The van der Waals surface area contributed by atoms with Crippen molar-refractivity contribution >= 4 is 46.4 Å². The van der Waals surface area contributed by atoms with Gasteiger partial charge in [-0.1, -0.05) is 34.8 Å². The highest BCUT2D eigenvalue weighted by Gasteiger charge is 2.27. The van der Waals surface area contributed by atoms with Crippen LogP contribution < -0.4 is 5.32 Å². The molecule has 1 aliphatic heterocycles. The molecular formula is C12H13Cl3N2O3. The third-order valence-electron chi connectivity index (χ3n) is 2.96. The first-order valence-corrected chi connectivity index (χ1v) is 7.01. The number of anilines is 1. The monoisotopic (exact) mass is 338 g/mol. The number of ether oxygens (including phenoxy) is 1. The quantitative estimate of drug-likeness (QED) is 0.642. The Morgan fingerprint density at radius 1 is 1.45 bits per heavy atom. The number of nitrogens with zero attached hydrogens (tertiary/aromatic N) is 1. The summed E-state index contributed by atoms with van der Waals surface area (Å²) in [5, 5.41) is 12.6. The number of phenolic OH excluding ortho intramolecular Hbond substituents is 1. The summed E-state index contributed by atoms with van der Waals surface area (Å²) < 4.78 is 5.38. The molecule has 1 aliphatic rings. The Labute approximate surface area is 131 Å². The van der Waals surface area contributed by atoms with E-state index in [-0.39, 0.29) is 26.5 Å². The maximum Gasteiger partial charge on any atom is 0.254 e. The number of nitrogens with one attached hydrogen (secondary N) is 1. The molecule has 2 N–H and O–H groups in total. The average Bonchev–Trinajstić information content (AvgIpc) is 2.41. The van der Waals surface area contributed by atoms with Gasteiger partial charge >= 0.3 is 0 Å². The van der Waals surface area contributed by atoms with Crippen LogP contribution in [0, 0.1) is 0 Å². The van der Waals surface area contributed by atoms with E-state index < -0.39 is 12.0 Å². The number of likely N-dealkylation sites (N-methyl/N-ethyl adjacent to an activating group) is 1. The van der Waals surface area contributed by atoms with Crippen LogP contribution in [0.4, 0.5) is 5.69 Å². The van der Waals surface area contributed by atoms with Crippen LogP contribution in [-0.4, -0.2) is 48.8 Å². The van der Waals surface area contributed by atoms with Gasteiger partial charge in [0.15, 0.2) is 5.75 Å². The number of halogens is 3. The van der Waals surface area contributed by atoms with Gasteiger partial charge in [-0.3, -0.25) is 4.79 Å². The van der Waals surface area contributed by atoms with Crippen molar-refractivity contribution in [3.63, 3.8) is 0 Å². The molecule has 1 heterocycles. The van der Waals surface area contributed by atoms with E-state index in [1.807, 2.05) is 11.9 Å². The molecule has 2 rings (SSSR count). The number of carbonyl (C=O) groups is 1. The second-order valence-corrected chi connectivity index (χ2v) is 5.68. The van der Waals surface area contributed by atoms with E-state index in [0.29, 0.717) is 13.2 Å². The van der Waals surface area contributed by atoms with Crippen molar-refractivity contribution in [1.29, 1.82) is 0 Å². The van der Waals surface area contributed by atoms with Gasteiger partial charge in [0, 0.05) is 13.1 Å². The Hall–Kier alpha value is -0.720. The van der Waals surface area contributed by atoms with Crippen LogP contribution in [0.3, 0.4) is 0 Å². The lowest BCUT2D eigenvalue weighted by Crippen LogP contribution is -2.46. The molecular weight excluding hydrogens is 327 g/mol. The first kappa shape index (κ1) is 15.7. The minimum Gasteiger partial charge on any atom is -0.504 e. The van der Waals surface area contributed by atoms with Gasteiger partial charge in [-0.15, -0.1) is 0 Å². The minimum absolute atomic E-state index is 0.00834. The Balaban J connectivity index is 2.19. The van der Waals surface area contributed by atoms with E-state index in [0.717, 1.165) is 6.54 Å². The van der Waals surface area contributed by atoms with Gasteiger partial charge in [0.05, 0.1) is 21.7 Å². The number of hydrogen-bond donors (Lipinski definition) is 2. The van der Waals surface area contributed by atoms with Crippen molar-refractivity contribution in [1.82, 2.24) is 4.90 Å². The normalized spacial score (nSPS) is 19.9. The second-order valence-electron chi connectivity index (χ2n) is 4.49. The zero-order valence-corrected chi connectivity index (χ0v) is 12.9. The van der Waals surface area contributed by atoms with Crippen molar-refractivity contribution < 1.29 is 14.6 Å². The fourth-order valence-corrected chi connectivity index (χ4v) is 2.49. The minimum atomic E-state index is -0.637. The Kier molecular flexibility index (Phi) is 4.99. The molecule has 0 spiro atoms. The van der Waals surface area contributed by atoms with Crippen LogP contribution >= 0.6 is 34.8 Å². The number of carbonyl (C=O) groups excluding carboxylic acids is 1. The molecule has 0 aromatic heterocycles. The van der Waals surface area contributed by atoms with Crippen molar-refractivity contribution in [3.05, 3.63) is 21.1 Å². The maximum absolute atomic E-state index is 12.1. The highest BCUT2D eigenvalue weighted by Crippen LogP contribution is 2.42. The topological polar surface area (TPSA) is 61.8 Å². The Bertz CT molecular complexity index is 513. The van der Waals surface area contributed by atoms with E-state index in [4.69, 9.17) is 39.5 Å². The van der Waals surface area contributed by atoms with Crippen LogP contribution in [0.2, 0.25) is 15.1 Å². The summed E-state index contributed by atoms with van der Waals surface area (Å²) in [6, 6.07) is 1.31. The van der Waals surface area contributed by atoms with Crippen LogP contribution in [-0.2, 0) is 9.53 Å². The van der Waals surface area contributed by atoms with Crippen molar-refractivity contribution in [2.75, 3.05) is 32.1 Å². The number of benzene rings is 1. The van der Waals surface area contributed by atoms with Gasteiger partial charge in [-0.25, -0.2) is 0 Å². The summed E-state index contributed by atoms with van der Waals surface area (Å²) in [7, 11) is 1.89. The van der Waals surface area contributed by atoms with Gasteiger partial charge in [-0.05, 0) is 13.1 Å². The molecule has 0 saturated carbocycles. The summed E-state index contributed by atoms with van der Waals surface area (Å²) in [4.78, 5) is 14.1. The molecule has 1 saturated heterocycles. The number of morpholine rings is 1. The molecule has 110 valence electrons. The fourth-order valence-electron chi connectivity index (χ4n) is 1.84. The number of aromatic hydroxyl groups is 1. The van der Waals surface area contributed by atoms with Gasteiger partial charge in [-0.2, -0.15) is 0 Å². The predicted octanol–water partition coefficient (Wildman–Crippen LogP) is 2.62. The van der Waals surface area contributed by atoms with Gasteiger partial charge in [0.25, 0.3) is 5.91 Å². The van der Waals surface area contributed by atoms with Crippen molar-refractivity contribution in [2.45, 2.75) is 6.10 Å². The third kappa shape index (κ3) is 3.30.